The summed E-state index contributed by atoms with van der Waals surface area (Å²) in [7, 11) is 0. The van der Waals surface area contributed by atoms with Crippen molar-refractivity contribution in [3.05, 3.63) is 253 Å². The molecule has 0 amide bonds. The molecule has 13 rings (SSSR count). The van der Waals surface area contributed by atoms with Gasteiger partial charge in [0.15, 0.2) is 0 Å². The molecule has 2 nitrogen and oxygen atoms in total. The van der Waals surface area contributed by atoms with Crippen molar-refractivity contribution in [2.24, 2.45) is 0 Å². The van der Waals surface area contributed by atoms with E-state index in [1.54, 1.807) is 0 Å². The Morgan fingerprint density at radius 2 is 0.739 bits per heavy atom. The Morgan fingerprint density at radius 1 is 0.275 bits per heavy atom. The third kappa shape index (κ3) is 6.71. The van der Waals surface area contributed by atoms with Crippen molar-refractivity contribution >= 4 is 66.4 Å². The molecule has 0 atom stereocenters. The maximum Gasteiger partial charge on any atom is 0.0547 e. The Kier molecular flexibility index (Phi) is 9.55. The Balaban J connectivity index is 1.09. The minimum atomic E-state index is 1.15. The average Bonchev–Trinajstić information content (AvgIpc) is 3.41. The molecule has 0 fully saturated rings. The third-order valence-corrected chi connectivity index (χ3v) is 14.5. The van der Waals surface area contributed by atoms with Crippen molar-refractivity contribution in [2.75, 3.05) is 9.80 Å². The molecule has 0 aliphatic carbocycles. The van der Waals surface area contributed by atoms with Gasteiger partial charge >= 0.3 is 0 Å². The van der Waals surface area contributed by atoms with E-state index < -0.39 is 0 Å². The van der Waals surface area contributed by atoms with Crippen molar-refractivity contribution in [3.63, 3.8) is 0 Å². The van der Waals surface area contributed by atoms with Crippen molar-refractivity contribution in [3.8, 4) is 55.6 Å². The zero-order chi connectivity index (χ0) is 46.2. The molecule has 2 heteroatoms. The molecule has 0 saturated heterocycles. The molecule has 69 heavy (non-hydrogen) atoms. The summed E-state index contributed by atoms with van der Waals surface area (Å²) in [6.07, 6.45) is 0. The lowest BCUT2D eigenvalue weighted by molar-refractivity contribution is 1.24. The molecule has 12 aromatic carbocycles. The molecule has 1 heterocycles. The number of nitrogens with zero attached hydrogens (tertiary/aromatic N) is 2. The highest BCUT2D eigenvalue weighted by Gasteiger charge is 2.31. The molecule has 0 radical (unpaired) electrons. The molecule has 0 aromatic heterocycles. The fraction of sp³-hybridized carbons (Fsp3) is 0.0448. The van der Waals surface area contributed by atoms with Crippen LogP contribution in [0.1, 0.15) is 16.7 Å². The summed E-state index contributed by atoms with van der Waals surface area (Å²) >= 11 is 0. The fourth-order valence-corrected chi connectivity index (χ4v) is 11.0. The molecular formula is C67H48N2. The predicted molar refractivity (Wildman–Crippen MR) is 294 cm³/mol. The molecule has 1 aliphatic heterocycles. The first-order chi connectivity index (χ1) is 34.0. The summed E-state index contributed by atoms with van der Waals surface area (Å²) in [5.41, 5.74) is 22.7. The van der Waals surface area contributed by atoms with Crippen LogP contribution in [0.2, 0.25) is 0 Å². The lowest BCUT2D eigenvalue weighted by Gasteiger charge is -2.36. The number of anilines is 6. The zero-order valence-electron chi connectivity index (χ0n) is 38.9. The van der Waals surface area contributed by atoms with Gasteiger partial charge in [-0.25, -0.2) is 0 Å². The molecule has 0 saturated carbocycles. The van der Waals surface area contributed by atoms with Crippen LogP contribution in [0.15, 0.2) is 237 Å². The van der Waals surface area contributed by atoms with Gasteiger partial charge in [-0.3, -0.25) is 0 Å². The largest absolute Gasteiger partial charge is 0.309 e. The second-order valence-electron chi connectivity index (χ2n) is 18.6. The fourth-order valence-electron chi connectivity index (χ4n) is 11.0. The highest BCUT2D eigenvalue weighted by Crippen LogP contribution is 2.57. The lowest BCUT2D eigenvalue weighted by Crippen LogP contribution is -2.17. The lowest BCUT2D eigenvalue weighted by atomic mass is 9.83. The SMILES string of the molecule is Cc1ccc(-c2ccccc2)cc1N(c1cc(-c2ccccc2)ccc1C)c1ccc2cc3c4c(ccc5ccc1c2c54)N(c1cc(-c2ccccc2)ccc1C)c1cc(-c2ccccc2)ccc1-3. The zero-order valence-corrected chi connectivity index (χ0v) is 38.9. The smallest absolute Gasteiger partial charge is 0.0547 e. The van der Waals surface area contributed by atoms with Gasteiger partial charge < -0.3 is 9.80 Å². The monoisotopic (exact) mass is 880 g/mol. The van der Waals surface area contributed by atoms with Gasteiger partial charge in [0, 0.05) is 38.8 Å². The molecule has 0 N–H and O–H groups in total. The van der Waals surface area contributed by atoms with Gasteiger partial charge in [0.05, 0.1) is 17.1 Å². The van der Waals surface area contributed by atoms with Gasteiger partial charge in [-0.15, -0.1) is 0 Å². The van der Waals surface area contributed by atoms with Crippen molar-refractivity contribution < 1.29 is 0 Å². The first-order valence-corrected chi connectivity index (χ1v) is 24.0. The minimum Gasteiger partial charge on any atom is -0.309 e. The van der Waals surface area contributed by atoms with E-state index in [1.807, 2.05) is 0 Å². The highest BCUT2D eigenvalue weighted by molar-refractivity contribution is 6.33. The van der Waals surface area contributed by atoms with E-state index >= 15 is 0 Å². The maximum atomic E-state index is 2.55. The van der Waals surface area contributed by atoms with Gasteiger partial charge in [0.2, 0.25) is 0 Å². The van der Waals surface area contributed by atoms with Gasteiger partial charge in [-0.1, -0.05) is 194 Å². The summed E-state index contributed by atoms with van der Waals surface area (Å²) in [5, 5.41) is 7.55. The van der Waals surface area contributed by atoms with Crippen LogP contribution in [0.4, 0.5) is 34.1 Å². The van der Waals surface area contributed by atoms with E-state index in [0.29, 0.717) is 0 Å². The number of aryl methyl sites for hydroxylation is 3. The van der Waals surface area contributed by atoms with E-state index in [2.05, 4.69) is 267 Å². The maximum absolute atomic E-state index is 2.55. The topological polar surface area (TPSA) is 6.48 Å². The van der Waals surface area contributed by atoms with Gasteiger partial charge in [-0.2, -0.15) is 0 Å². The van der Waals surface area contributed by atoms with E-state index in [4.69, 9.17) is 0 Å². The summed E-state index contributed by atoms with van der Waals surface area (Å²) in [5.74, 6) is 0. The second-order valence-corrected chi connectivity index (χ2v) is 18.6. The van der Waals surface area contributed by atoms with Crippen LogP contribution in [-0.4, -0.2) is 0 Å². The molecular weight excluding hydrogens is 833 g/mol. The molecule has 326 valence electrons. The van der Waals surface area contributed by atoms with Crippen molar-refractivity contribution in [2.45, 2.75) is 20.8 Å². The summed E-state index contributed by atoms with van der Waals surface area (Å²) in [6, 6.07) is 87.6. The number of fused-ring (bicyclic) bond motifs is 2. The molecule has 1 aliphatic rings. The average molecular weight is 881 g/mol. The van der Waals surface area contributed by atoms with Crippen LogP contribution in [0, 0.1) is 20.8 Å². The molecule has 12 aromatic rings. The normalized spacial score (nSPS) is 12.0. The Labute approximate surface area is 404 Å². The van der Waals surface area contributed by atoms with Crippen LogP contribution in [0.5, 0.6) is 0 Å². The van der Waals surface area contributed by atoms with Crippen LogP contribution in [0.25, 0.3) is 88.0 Å². The third-order valence-electron chi connectivity index (χ3n) is 14.5. The second kappa shape index (κ2) is 16.3. The summed E-state index contributed by atoms with van der Waals surface area (Å²) in [6.45, 7) is 6.75. The minimum absolute atomic E-state index is 1.15. The Morgan fingerprint density at radius 3 is 1.29 bits per heavy atom. The van der Waals surface area contributed by atoms with Gasteiger partial charge in [0.25, 0.3) is 0 Å². The number of hydrogen-bond donors (Lipinski definition) is 0. The van der Waals surface area contributed by atoms with Crippen LogP contribution < -0.4 is 9.80 Å². The molecule has 0 spiro atoms. The van der Waals surface area contributed by atoms with Crippen molar-refractivity contribution in [1.29, 1.82) is 0 Å². The number of hydrogen-bond acceptors (Lipinski definition) is 2. The number of rotatable bonds is 8. The van der Waals surface area contributed by atoms with E-state index in [0.717, 1.165) is 17.1 Å². The Bertz CT molecular complexity index is 3820. The van der Waals surface area contributed by atoms with Gasteiger partial charge in [-0.05, 0) is 146 Å². The van der Waals surface area contributed by atoms with Crippen LogP contribution in [0.3, 0.4) is 0 Å². The van der Waals surface area contributed by atoms with E-state index in [-0.39, 0.29) is 0 Å². The molecule has 0 bridgehead atoms. The summed E-state index contributed by atoms with van der Waals surface area (Å²) < 4.78 is 0. The van der Waals surface area contributed by atoms with E-state index in [9.17, 15) is 0 Å². The van der Waals surface area contributed by atoms with Crippen molar-refractivity contribution in [1.82, 2.24) is 0 Å². The quantitative estimate of drug-likeness (QED) is 0.140. The van der Waals surface area contributed by atoms with Crippen LogP contribution >= 0.6 is 0 Å². The highest BCUT2D eigenvalue weighted by atomic mass is 15.2. The van der Waals surface area contributed by atoms with Gasteiger partial charge in [0.1, 0.15) is 0 Å². The van der Waals surface area contributed by atoms with Crippen LogP contribution in [-0.2, 0) is 0 Å². The first-order valence-electron chi connectivity index (χ1n) is 24.0. The number of benzene rings is 12. The first kappa shape index (κ1) is 40.5. The Hall–Kier alpha value is -8.72. The molecule has 0 unspecified atom stereocenters. The predicted octanol–water partition coefficient (Wildman–Crippen LogP) is 19.1. The van der Waals surface area contributed by atoms with E-state index in [1.165, 1.54) is 122 Å². The summed E-state index contributed by atoms with van der Waals surface area (Å²) in [4.78, 5) is 5.08. The standard InChI is InChI=1S/C67H48N2/c1-43-24-27-51(46-16-8-4-9-17-46)39-61(43)68(62-40-52(28-25-44(62)2)47-18-10-5-11-19-47)59-36-33-55-38-58-56-34-31-54(49-22-14-7-15-23-49)42-64(56)69(60-37-32-50-30-35-57(59)65(55)66(50)67(58)60)63-41-53(29-26-45(63)3)48-20-12-6-13-21-48/h4-42H,1-3H3.